The highest BCUT2D eigenvalue weighted by Crippen LogP contribution is 2.11. The smallest absolute Gasteiger partial charge is 0.335 e. The molecule has 0 atom stereocenters. The summed E-state index contributed by atoms with van der Waals surface area (Å²) >= 11 is 0. The average Bonchev–Trinajstić information content (AvgIpc) is 2.70. The Morgan fingerprint density at radius 1 is 1.00 bits per heavy atom. The van der Waals surface area contributed by atoms with E-state index in [4.69, 9.17) is 5.11 Å². The van der Waals surface area contributed by atoms with Crippen molar-refractivity contribution in [3.05, 3.63) is 64.5 Å². The first kappa shape index (κ1) is 25.3. The number of carbonyl (C=O) groups is 2. The number of aryl methyl sites for hydroxylation is 3. The van der Waals surface area contributed by atoms with Gasteiger partial charge in [-0.15, -0.1) is 0 Å². The second-order valence-electron chi connectivity index (χ2n) is 6.28. The lowest BCUT2D eigenvalue weighted by molar-refractivity contribution is -0.128. The van der Waals surface area contributed by atoms with Gasteiger partial charge in [0, 0.05) is 26.0 Å². The van der Waals surface area contributed by atoms with Crippen molar-refractivity contribution in [2.24, 2.45) is 0 Å². The van der Waals surface area contributed by atoms with Gasteiger partial charge in [0.05, 0.1) is 12.0 Å². The number of aromatic carboxylic acids is 1. The normalized spacial score (nSPS) is 9.39. The van der Waals surface area contributed by atoms with Crippen LogP contribution < -0.4 is 0 Å². The molecule has 0 aliphatic rings. The summed E-state index contributed by atoms with van der Waals surface area (Å²) in [4.78, 5) is 27.8. The Labute approximate surface area is 169 Å². The number of likely N-dealkylation sites (N-methyl/N-ethyl adjacent to an activating group) is 1. The minimum absolute atomic E-state index is 0.0887. The highest BCUT2D eigenvalue weighted by atomic mass is 16.4. The zero-order chi connectivity index (χ0) is 21.7. The number of carboxylic acids is 1. The van der Waals surface area contributed by atoms with E-state index in [9.17, 15) is 9.59 Å². The number of amides is 1. The summed E-state index contributed by atoms with van der Waals surface area (Å²) in [7, 11) is 3.51. The molecule has 1 aromatic carbocycles. The van der Waals surface area contributed by atoms with E-state index >= 15 is 0 Å². The molecule has 0 radical (unpaired) electrons. The zero-order valence-corrected chi connectivity index (χ0v) is 18.2. The molecule has 0 bridgehead atoms. The number of pyridine rings is 1. The van der Waals surface area contributed by atoms with Gasteiger partial charge in [0.25, 0.3) is 0 Å². The van der Waals surface area contributed by atoms with Gasteiger partial charge in [0.15, 0.2) is 0 Å². The SMILES string of the molecule is CC.CCc1ccc(C)c(C(=O)O)c1.CCc1ccnc(CC(=O)N(C)C)c1. The summed E-state index contributed by atoms with van der Waals surface area (Å²) in [5, 5.41) is 8.79. The van der Waals surface area contributed by atoms with Crippen molar-refractivity contribution in [3.8, 4) is 0 Å². The fourth-order valence-corrected chi connectivity index (χ4v) is 2.28. The van der Waals surface area contributed by atoms with Crippen LogP contribution in [0.15, 0.2) is 36.5 Å². The number of benzene rings is 1. The highest BCUT2D eigenvalue weighted by Gasteiger charge is 2.07. The van der Waals surface area contributed by atoms with E-state index in [1.807, 2.05) is 52.0 Å². The molecule has 1 heterocycles. The second kappa shape index (κ2) is 13.5. The van der Waals surface area contributed by atoms with E-state index in [0.29, 0.717) is 12.0 Å². The maximum absolute atomic E-state index is 11.4. The Kier molecular flexibility index (Phi) is 12.2. The second-order valence-corrected chi connectivity index (χ2v) is 6.28. The lowest BCUT2D eigenvalue weighted by Gasteiger charge is -2.09. The number of carboxylic acid groups (broad SMARTS) is 1. The Bertz CT molecular complexity index is 755. The number of carbonyl (C=O) groups excluding carboxylic acids is 1. The lowest BCUT2D eigenvalue weighted by atomic mass is 10.0. The van der Waals surface area contributed by atoms with Gasteiger partial charge in [-0.05, 0) is 54.7 Å². The van der Waals surface area contributed by atoms with E-state index in [-0.39, 0.29) is 5.91 Å². The van der Waals surface area contributed by atoms with Crippen LogP contribution in [0.4, 0.5) is 0 Å². The molecule has 154 valence electrons. The van der Waals surface area contributed by atoms with Gasteiger partial charge in [0.2, 0.25) is 5.91 Å². The van der Waals surface area contributed by atoms with Crippen LogP contribution in [-0.4, -0.2) is 41.0 Å². The Hall–Kier alpha value is -2.69. The van der Waals surface area contributed by atoms with Crippen LogP contribution in [0.25, 0.3) is 0 Å². The first-order valence-electron chi connectivity index (χ1n) is 9.75. The van der Waals surface area contributed by atoms with Gasteiger partial charge in [-0.1, -0.05) is 39.8 Å². The average molecular weight is 387 g/mol. The summed E-state index contributed by atoms with van der Waals surface area (Å²) in [6.07, 6.45) is 4.00. The van der Waals surface area contributed by atoms with Gasteiger partial charge in [-0.25, -0.2) is 4.79 Å². The molecule has 1 amide bonds. The third-order valence-corrected chi connectivity index (χ3v) is 4.06. The van der Waals surface area contributed by atoms with E-state index in [1.54, 1.807) is 31.3 Å². The maximum atomic E-state index is 11.4. The van der Waals surface area contributed by atoms with Crippen molar-refractivity contribution in [2.45, 2.75) is 53.9 Å². The maximum Gasteiger partial charge on any atom is 0.335 e. The van der Waals surface area contributed by atoms with Crippen LogP contribution in [0.3, 0.4) is 0 Å². The first-order valence-corrected chi connectivity index (χ1v) is 9.75. The number of hydrogen-bond donors (Lipinski definition) is 1. The number of aromatic nitrogens is 1. The molecule has 5 heteroatoms. The number of nitrogens with zero attached hydrogens (tertiary/aromatic N) is 2. The van der Waals surface area contributed by atoms with Gasteiger partial charge in [0.1, 0.15) is 0 Å². The molecule has 0 spiro atoms. The summed E-state index contributed by atoms with van der Waals surface area (Å²) < 4.78 is 0. The Morgan fingerprint density at radius 3 is 2.07 bits per heavy atom. The standard InChI is InChI=1S/C11H16N2O.C10H12O2.C2H6/c1-4-9-5-6-12-10(7-9)8-11(14)13(2)3;1-3-8-5-4-7(2)9(6-8)10(11)12;1-2/h5-7H,4,8H2,1-3H3;4-6H,3H2,1-2H3,(H,11,12);1-2H3. The van der Waals surface area contributed by atoms with Crippen LogP contribution in [0.5, 0.6) is 0 Å². The van der Waals surface area contributed by atoms with Crippen molar-refractivity contribution in [2.75, 3.05) is 14.1 Å². The summed E-state index contributed by atoms with van der Waals surface area (Å²) in [5.74, 6) is -0.756. The zero-order valence-electron chi connectivity index (χ0n) is 18.2. The molecule has 1 N–H and O–H groups in total. The minimum atomic E-state index is -0.845. The van der Waals surface area contributed by atoms with Crippen molar-refractivity contribution in [3.63, 3.8) is 0 Å². The largest absolute Gasteiger partial charge is 0.478 e. The molecule has 1 aromatic heterocycles. The van der Waals surface area contributed by atoms with Crippen molar-refractivity contribution < 1.29 is 14.7 Å². The topological polar surface area (TPSA) is 70.5 Å². The molecule has 0 saturated heterocycles. The third-order valence-electron chi connectivity index (χ3n) is 4.06. The highest BCUT2D eigenvalue weighted by molar-refractivity contribution is 5.89. The molecule has 5 nitrogen and oxygen atoms in total. The van der Waals surface area contributed by atoms with E-state index in [0.717, 1.165) is 29.7 Å². The van der Waals surface area contributed by atoms with E-state index in [2.05, 4.69) is 11.9 Å². The van der Waals surface area contributed by atoms with Crippen LogP contribution >= 0.6 is 0 Å². The van der Waals surface area contributed by atoms with Crippen molar-refractivity contribution in [1.82, 2.24) is 9.88 Å². The third kappa shape index (κ3) is 8.80. The summed E-state index contributed by atoms with van der Waals surface area (Å²) in [6, 6.07) is 9.51. The van der Waals surface area contributed by atoms with Gasteiger partial charge >= 0.3 is 5.97 Å². The van der Waals surface area contributed by atoms with E-state index < -0.39 is 5.97 Å². The van der Waals surface area contributed by atoms with Crippen LogP contribution in [0.2, 0.25) is 0 Å². The Balaban J connectivity index is 0.000000483. The predicted octanol–water partition coefficient (Wildman–Crippen LogP) is 4.56. The minimum Gasteiger partial charge on any atom is -0.478 e. The molecule has 2 aromatic rings. The fourth-order valence-electron chi connectivity index (χ4n) is 2.28. The molecule has 0 fully saturated rings. The quantitative estimate of drug-likeness (QED) is 0.818. The summed E-state index contributed by atoms with van der Waals surface area (Å²) in [6.45, 7) is 9.91. The molecular formula is C23H34N2O3. The number of hydrogen-bond acceptors (Lipinski definition) is 3. The molecule has 0 aliphatic heterocycles. The lowest BCUT2D eigenvalue weighted by Crippen LogP contribution is -2.23. The molecule has 0 saturated carbocycles. The molecule has 28 heavy (non-hydrogen) atoms. The fraction of sp³-hybridized carbons (Fsp3) is 0.435. The molecule has 0 unspecified atom stereocenters. The molecule has 2 rings (SSSR count). The first-order chi connectivity index (χ1) is 13.3. The van der Waals surface area contributed by atoms with Crippen LogP contribution in [0.1, 0.15) is 60.4 Å². The van der Waals surface area contributed by atoms with Crippen LogP contribution in [-0.2, 0) is 24.1 Å². The summed E-state index contributed by atoms with van der Waals surface area (Å²) in [5.41, 5.74) is 4.37. The van der Waals surface area contributed by atoms with E-state index in [1.165, 1.54) is 5.56 Å². The Morgan fingerprint density at radius 2 is 1.57 bits per heavy atom. The van der Waals surface area contributed by atoms with Gasteiger partial charge in [-0.2, -0.15) is 0 Å². The van der Waals surface area contributed by atoms with Crippen LogP contribution in [0, 0.1) is 6.92 Å². The van der Waals surface area contributed by atoms with Gasteiger partial charge < -0.3 is 10.0 Å². The van der Waals surface area contributed by atoms with Crippen molar-refractivity contribution >= 4 is 11.9 Å². The molecular weight excluding hydrogens is 352 g/mol. The monoisotopic (exact) mass is 386 g/mol. The predicted molar refractivity (Wildman–Crippen MR) is 115 cm³/mol. The molecule has 0 aliphatic carbocycles. The number of rotatable bonds is 5. The van der Waals surface area contributed by atoms with Gasteiger partial charge in [-0.3, -0.25) is 9.78 Å². The van der Waals surface area contributed by atoms with Crippen molar-refractivity contribution in [1.29, 1.82) is 0 Å².